The second-order valence-corrected chi connectivity index (χ2v) is 8.27. The highest BCUT2D eigenvalue weighted by atomic mass is 19.1. The Morgan fingerprint density at radius 3 is 2.50 bits per heavy atom. The van der Waals surface area contributed by atoms with E-state index >= 15 is 0 Å². The highest BCUT2D eigenvalue weighted by molar-refractivity contribution is 5.80. The molecule has 2 amide bonds. The van der Waals surface area contributed by atoms with E-state index in [1.807, 2.05) is 24.3 Å². The van der Waals surface area contributed by atoms with Crippen LogP contribution in [0.1, 0.15) is 23.4 Å². The van der Waals surface area contributed by atoms with Gasteiger partial charge in [0, 0.05) is 44.6 Å². The van der Waals surface area contributed by atoms with E-state index in [1.54, 1.807) is 36.0 Å². The van der Waals surface area contributed by atoms with Gasteiger partial charge in [-0.05, 0) is 48.4 Å². The van der Waals surface area contributed by atoms with E-state index in [9.17, 15) is 14.0 Å². The number of aryl methyl sites for hydroxylation is 2. The number of amides is 2. The van der Waals surface area contributed by atoms with Crippen LogP contribution >= 0.6 is 0 Å². The van der Waals surface area contributed by atoms with E-state index in [4.69, 9.17) is 9.26 Å². The molecule has 8 nitrogen and oxygen atoms in total. The van der Waals surface area contributed by atoms with Crippen LogP contribution in [0.5, 0.6) is 5.75 Å². The zero-order chi connectivity index (χ0) is 24.1. The molecular weight excluding hydrogens is 439 g/mol. The summed E-state index contributed by atoms with van der Waals surface area (Å²) < 4.78 is 23.9. The van der Waals surface area contributed by atoms with Gasteiger partial charge in [0.05, 0.1) is 13.5 Å². The van der Waals surface area contributed by atoms with Crippen LogP contribution in [-0.4, -0.2) is 65.0 Å². The van der Waals surface area contributed by atoms with Crippen LogP contribution < -0.4 is 4.74 Å². The van der Waals surface area contributed by atoms with Crippen molar-refractivity contribution in [3.05, 3.63) is 65.3 Å². The number of rotatable bonds is 7. The van der Waals surface area contributed by atoms with Crippen LogP contribution in [0, 0.1) is 12.7 Å². The van der Waals surface area contributed by atoms with Crippen molar-refractivity contribution in [2.24, 2.45) is 0 Å². The Balaban J connectivity index is 1.24. The van der Waals surface area contributed by atoms with Crippen molar-refractivity contribution in [2.75, 3.05) is 33.3 Å². The lowest BCUT2D eigenvalue weighted by atomic mass is 10.1. The first-order chi connectivity index (χ1) is 16.4. The lowest BCUT2D eigenvalue weighted by Crippen LogP contribution is -2.51. The van der Waals surface area contributed by atoms with E-state index in [2.05, 4.69) is 10.1 Å². The molecule has 1 aromatic heterocycles. The summed E-state index contributed by atoms with van der Waals surface area (Å²) in [4.78, 5) is 33.2. The SMILES string of the molecule is COc1cccc(CC(=O)N2CCN(C(=O)CCc3nc(-c4ccc(F)c(C)c4)no3)CC2)c1. The van der Waals surface area contributed by atoms with Gasteiger partial charge in [0.2, 0.25) is 23.5 Å². The van der Waals surface area contributed by atoms with Crippen LogP contribution in [0.4, 0.5) is 4.39 Å². The van der Waals surface area contributed by atoms with Crippen molar-refractivity contribution in [1.82, 2.24) is 19.9 Å². The molecule has 1 saturated heterocycles. The third-order valence-corrected chi connectivity index (χ3v) is 5.91. The maximum atomic E-state index is 13.5. The molecule has 0 unspecified atom stereocenters. The molecule has 0 atom stereocenters. The van der Waals surface area contributed by atoms with Gasteiger partial charge in [-0.3, -0.25) is 9.59 Å². The average Bonchev–Trinajstić information content (AvgIpc) is 3.33. The Kier molecular flexibility index (Phi) is 7.20. The van der Waals surface area contributed by atoms with Gasteiger partial charge in [-0.1, -0.05) is 17.3 Å². The standard InChI is InChI=1S/C25H27FN4O4/c1-17-14-19(6-7-21(17)26)25-27-22(34-28-25)8-9-23(31)29-10-12-30(13-11-29)24(32)16-18-4-3-5-20(15-18)33-2/h3-7,14-15H,8-13,16H2,1-2H3. The minimum atomic E-state index is -0.292. The van der Waals surface area contributed by atoms with Crippen LogP contribution in [0.3, 0.4) is 0 Å². The maximum absolute atomic E-state index is 13.5. The molecule has 0 spiro atoms. The predicted molar refractivity (Wildman–Crippen MR) is 123 cm³/mol. The number of benzene rings is 2. The van der Waals surface area contributed by atoms with Gasteiger partial charge in [0.1, 0.15) is 11.6 Å². The Labute approximate surface area is 197 Å². The van der Waals surface area contributed by atoms with Gasteiger partial charge in [0.15, 0.2) is 0 Å². The molecule has 178 valence electrons. The molecule has 0 saturated carbocycles. The Morgan fingerprint density at radius 2 is 1.79 bits per heavy atom. The van der Waals surface area contributed by atoms with E-state index in [0.29, 0.717) is 61.9 Å². The average molecular weight is 467 g/mol. The molecule has 0 aliphatic carbocycles. The highest BCUT2D eigenvalue weighted by Gasteiger charge is 2.24. The topological polar surface area (TPSA) is 88.8 Å². The fourth-order valence-corrected chi connectivity index (χ4v) is 3.90. The first-order valence-corrected chi connectivity index (χ1v) is 11.2. The largest absolute Gasteiger partial charge is 0.497 e. The summed E-state index contributed by atoms with van der Waals surface area (Å²) in [5.74, 6) is 1.18. The van der Waals surface area contributed by atoms with Crippen molar-refractivity contribution in [3.8, 4) is 17.1 Å². The van der Waals surface area contributed by atoms with Gasteiger partial charge in [-0.15, -0.1) is 0 Å². The number of hydrogen-bond donors (Lipinski definition) is 0. The molecule has 2 heterocycles. The van der Waals surface area contributed by atoms with Crippen molar-refractivity contribution in [3.63, 3.8) is 0 Å². The number of piperazine rings is 1. The molecule has 4 rings (SSSR count). The molecular formula is C25H27FN4O4. The van der Waals surface area contributed by atoms with E-state index in [0.717, 1.165) is 11.3 Å². The molecule has 1 aliphatic heterocycles. The van der Waals surface area contributed by atoms with Gasteiger partial charge >= 0.3 is 0 Å². The number of nitrogens with zero attached hydrogens (tertiary/aromatic N) is 4. The maximum Gasteiger partial charge on any atom is 0.227 e. The first-order valence-electron chi connectivity index (χ1n) is 11.2. The predicted octanol–water partition coefficient (Wildman–Crippen LogP) is 3.04. The van der Waals surface area contributed by atoms with Crippen molar-refractivity contribution < 1.29 is 23.2 Å². The summed E-state index contributed by atoms with van der Waals surface area (Å²) in [6.07, 6.45) is 0.862. The fourth-order valence-electron chi connectivity index (χ4n) is 3.90. The molecule has 1 aliphatic rings. The number of methoxy groups -OCH3 is 1. The molecule has 9 heteroatoms. The quantitative estimate of drug-likeness (QED) is 0.532. The van der Waals surface area contributed by atoms with Crippen LogP contribution in [0.25, 0.3) is 11.4 Å². The number of ether oxygens (including phenoxy) is 1. The molecule has 1 fully saturated rings. The van der Waals surface area contributed by atoms with E-state index in [-0.39, 0.29) is 24.1 Å². The lowest BCUT2D eigenvalue weighted by molar-refractivity contribution is -0.139. The van der Waals surface area contributed by atoms with Crippen LogP contribution in [0.15, 0.2) is 47.0 Å². The van der Waals surface area contributed by atoms with E-state index in [1.165, 1.54) is 6.07 Å². The minimum absolute atomic E-state index is 0.0164. The van der Waals surface area contributed by atoms with Crippen molar-refractivity contribution in [1.29, 1.82) is 0 Å². The second kappa shape index (κ2) is 10.5. The van der Waals surface area contributed by atoms with Crippen molar-refractivity contribution >= 4 is 11.8 Å². The Morgan fingerprint density at radius 1 is 1.06 bits per heavy atom. The zero-order valence-corrected chi connectivity index (χ0v) is 19.3. The minimum Gasteiger partial charge on any atom is -0.497 e. The molecule has 0 bridgehead atoms. The number of carbonyl (C=O) groups is 2. The molecule has 2 aromatic carbocycles. The Hall–Kier alpha value is -3.75. The van der Waals surface area contributed by atoms with Gasteiger partial charge < -0.3 is 19.1 Å². The Bertz CT molecular complexity index is 1170. The second-order valence-electron chi connectivity index (χ2n) is 8.27. The molecule has 0 N–H and O–H groups in total. The fraction of sp³-hybridized carbons (Fsp3) is 0.360. The number of aromatic nitrogens is 2. The normalized spacial score (nSPS) is 13.7. The third-order valence-electron chi connectivity index (χ3n) is 5.91. The smallest absolute Gasteiger partial charge is 0.227 e. The summed E-state index contributed by atoms with van der Waals surface area (Å²) in [7, 11) is 1.60. The molecule has 0 radical (unpaired) electrons. The van der Waals surface area contributed by atoms with E-state index < -0.39 is 0 Å². The summed E-state index contributed by atoms with van der Waals surface area (Å²) in [5, 5.41) is 3.94. The summed E-state index contributed by atoms with van der Waals surface area (Å²) >= 11 is 0. The van der Waals surface area contributed by atoms with Crippen LogP contribution in [-0.2, 0) is 22.4 Å². The summed E-state index contributed by atoms with van der Waals surface area (Å²) in [6.45, 7) is 3.66. The molecule has 3 aromatic rings. The van der Waals surface area contributed by atoms with Gasteiger partial charge in [0.25, 0.3) is 0 Å². The van der Waals surface area contributed by atoms with Crippen LogP contribution in [0.2, 0.25) is 0 Å². The first kappa shape index (κ1) is 23.4. The monoisotopic (exact) mass is 466 g/mol. The zero-order valence-electron chi connectivity index (χ0n) is 19.3. The summed E-state index contributed by atoms with van der Waals surface area (Å²) in [5.41, 5.74) is 2.06. The third kappa shape index (κ3) is 5.59. The van der Waals surface area contributed by atoms with Crippen molar-refractivity contribution in [2.45, 2.75) is 26.2 Å². The highest BCUT2D eigenvalue weighted by Crippen LogP contribution is 2.20. The van der Waals surface area contributed by atoms with Gasteiger partial charge in [-0.2, -0.15) is 4.98 Å². The number of halogens is 1. The lowest BCUT2D eigenvalue weighted by Gasteiger charge is -2.35. The van der Waals surface area contributed by atoms with Gasteiger partial charge in [-0.25, -0.2) is 4.39 Å². The number of hydrogen-bond acceptors (Lipinski definition) is 6. The molecule has 34 heavy (non-hydrogen) atoms. The number of carbonyl (C=O) groups excluding carboxylic acids is 2. The summed E-state index contributed by atoms with van der Waals surface area (Å²) in [6, 6.07) is 12.1.